The Hall–Kier alpha value is -2.66. The lowest BCUT2D eigenvalue weighted by molar-refractivity contribution is 0.582. The second-order valence-electron chi connectivity index (χ2n) is 6.24. The van der Waals surface area contributed by atoms with Crippen molar-refractivity contribution in [3.05, 3.63) is 77.9 Å². The average Bonchev–Trinajstić information content (AvgIpc) is 2.92. The largest absolute Gasteiger partial charge is 0.546 e. The van der Waals surface area contributed by atoms with Crippen LogP contribution in [0.25, 0.3) is 0 Å². The van der Waals surface area contributed by atoms with E-state index in [0.717, 1.165) is 34.4 Å². The Bertz CT molecular complexity index is 885. The smallest absolute Gasteiger partial charge is 0.229 e. The molecule has 0 saturated carbocycles. The first kappa shape index (κ1) is 17.2. The third kappa shape index (κ3) is 4.06. The molecule has 3 rings (SSSR count). The van der Waals surface area contributed by atoms with Crippen molar-refractivity contribution < 1.29 is 4.43 Å². The third-order valence-corrected chi connectivity index (χ3v) is 4.44. The zero-order valence-electron chi connectivity index (χ0n) is 15.1. The lowest BCUT2D eigenvalue weighted by atomic mass is 10.2. The fraction of sp³-hybridized carbons (Fsp3) is 0.200. The molecule has 0 spiro atoms. The standard InChI is InChI=1S/C20H23N3OSi/c1-15-14-23(16(2)21-15)20(17-10-6-5-7-11-17)22-18-12-8-9-13-19(18)24-25(3)4/h5-14,25H,1-4H3. The monoisotopic (exact) mass is 349 g/mol. The molecule has 1 heterocycles. The molecular formula is C20H23N3OSi. The summed E-state index contributed by atoms with van der Waals surface area (Å²) in [5.74, 6) is 2.60. The topological polar surface area (TPSA) is 39.4 Å². The van der Waals surface area contributed by atoms with Gasteiger partial charge in [-0.05, 0) is 39.1 Å². The Kier molecular flexibility index (Phi) is 5.14. The van der Waals surface area contributed by atoms with Crippen molar-refractivity contribution in [1.82, 2.24) is 9.55 Å². The molecule has 0 radical (unpaired) electrons. The van der Waals surface area contributed by atoms with Crippen molar-refractivity contribution in [2.24, 2.45) is 4.99 Å². The number of hydrogen-bond donors (Lipinski definition) is 0. The number of benzene rings is 2. The number of nitrogens with zero attached hydrogens (tertiary/aromatic N) is 3. The Balaban J connectivity index is 2.16. The van der Waals surface area contributed by atoms with Crippen molar-refractivity contribution >= 4 is 20.6 Å². The summed E-state index contributed by atoms with van der Waals surface area (Å²) < 4.78 is 8.10. The van der Waals surface area contributed by atoms with E-state index in [1.807, 2.05) is 67.1 Å². The SMILES string of the molecule is Cc1cn(C(=Nc2ccccc2O[SiH](C)C)c2ccccc2)c(C)n1. The summed E-state index contributed by atoms with van der Waals surface area (Å²) in [5.41, 5.74) is 2.85. The second-order valence-corrected chi connectivity index (χ2v) is 8.57. The van der Waals surface area contributed by atoms with Crippen LogP contribution in [0.2, 0.25) is 13.1 Å². The van der Waals surface area contributed by atoms with Crippen LogP contribution in [0.4, 0.5) is 5.69 Å². The highest BCUT2D eigenvalue weighted by molar-refractivity contribution is 6.49. The van der Waals surface area contributed by atoms with Gasteiger partial charge in [-0.3, -0.25) is 4.57 Å². The first-order valence-corrected chi connectivity index (χ1v) is 11.3. The molecule has 0 fully saturated rings. The van der Waals surface area contributed by atoms with E-state index in [4.69, 9.17) is 9.42 Å². The Morgan fingerprint density at radius 1 is 1.00 bits per heavy atom. The molecule has 3 aromatic rings. The Morgan fingerprint density at radius 3 is 2.32 bits per heavy atom. The van der Waals surface area contributed by atoms with Crippen LogP contribution in [-0.2, 0) is 0 Å². The summed E-state index contributed by atoms with van der Waals surface area (Å²) in [7, 11) is -1.21. The van der Waals surface area contributed by atoms with Crippen molar-refractivity contribution in [1.29, 1.82) is 0 Å². The molecule has 0 atom stereocenters. The molecule has 4 nitrogen and oxygen atoms in total. The quantitative estimate of drug-likeness (QED) is 0.395. The Labute approximate surface area is 150 Å². The van der Waals surface area contributed by atoms with Gasteiger partial charge < -0.3 is 4.43 Å². The van der Waals surface area contributed by atoms with Crippen LogP contribution in [0.5, 0.6) is 5.75 Å². The van der Waals surface area contributed by atoms with Gasteiger partial charge >= 0.3 is 0 Å². The third-order valence-electron chi connectivity index (χ3n) is 3.72. The van der Waals surface area contributed by atoms with Gasteiger partial charge in [0.25, 0.3) is 0 Å². The molecule has 0 saturated heterocycles. The van der Waals surface area contributed by atoms with Gasteiger partial charge in [0.05, 0.1) is 5.69 Å². The van der Waals surface area contributed by atoms with Crippen molar-refractivity contribution in [3.63, 3.8) is 0 Å². The van der Waals surface area contributed by atoms with Crippen LogP contribution < -0.4 is 4.43 Å². The highest BCUT2D eigenvalue weighted by atomic mass is 28.3. The molecule has 5 heteroatoms. The van der Waals surface area contributed by atoms with Gasteiger partial charge in [0.15, 0.2) is 0 Å². The van der Waals surface area contributed by atoms with Crippen molar-refractivity contribution in [2.45, 2.75) is 26.9 Å². The number of aromatic nitrogens is 2. The van der Waals surface area contributed by atoms with Crippen LogP contribution in [-0.4, -0.2) is 24.4 Å². The zero-order chi connectivity index (χ0) is 17.8. The maximum Gasteiger partial charge on any atom is 0.229 e. The summed E-state index contributed by atoms with van der Waals surface area (Å²) in [4.78, 5) is 9.49. The highest BCUT2D eigenvalue weighted by Gasteiger charge is 2.12. The van der Waals surface area contributed by atoms with E-state index in [1.165, 1.54) is 0 Å². The van der Waals surface area contributed by atoms with Gasteiger partial charge in [0.2, 0.25) is 9.04 Å². The predicted octanol–water partition coefficient (Wildman–Crippen LogP) is 4.49. The van der Waals surface area contributed by atoms with Gasteiger partial charge in [-0.15, -0.1) is 0 Å². The van der Waals surface area contributed by atoms with Crippen molar-refractivity contribution in [3.8, 4) is 5.75 Å². The molecule has 0 N–H and O–H groups in total. The highest BCUT2D eigenvalue weighted by Crippen LogP contribution is 2.28. The van der Waals surface area contributed by atoms with Gasteiger partial charge in [-0.25, -0.2) is 9.98 Å². The second kappa shape index (κ2) is 7.48. The van der Waals surface area contributed by atoms with Crippen LogP contribution in [0.3, 0.4) is 0 Å². The van der Waals surface area contributed by atoms with Crippen LogP contribution in [0.15, 0.2) is 65.8 Å². The molecule has 0 unspecified atom stereocenters. The number of imidazole rings is 1. The maximum atomic E-state index is 6.06. The van der Waals surface area contributed by atoms with Gasteiger partial charge in [0, 0.05) is 11.8 Å². The summed E-state index contributed by atoms with van der Waals surface area (Å²) in [6.45, 7) is 8.30. The number of aliphatic imine (C=N–C) groups is 1. The number of hydrogen-bond acceptors (Lipinski definition) is 3. The van der Waals surface area contributed by atoms with Crippen molar-refractivity contribution in [2.75, 3.05) is 0 Å². The van der Waals surface area contributed by atoms with E-state index in [9.17, 15) is 0 Å². The van der Waals surface area contributed by atoms with E-state index in [-0.39, 0.29) is 0 Å². The normalized spacial score (nSPS) is 11.8. The summed E-state index contributed by atoms with van der Waals surface area (Å²) in [5, 5.41) is 0. The fourth-order valence-electron chi connectivity index (χ4n) is 2.69. The number of para-hydroxylation sites is 2. The van der Waals surface area contributed by atoms with Gasteiger partial charge in [-0.2, -0.15) is 0 Å². The fourth-order valence-corrected chi connectivity index (χ4v) is 3.40. The molecule has 0 aliphatic carbocycles. The lowest BCUT2D eigenvalue weighted by Crippen LogP contribution is -2.15. The van der Waals surface area contributed by atoms with E-state index in [0.29, 0.717) is 0 Å². The molecule has 2 aromatic carbocycles. The summed E-state index contributed by atoms with van der Waals surface area (Å²) in [6, 6.07) is 18.1. The molecule has 128 valence electrons. The van der Waals surface area contributed by atoms with E-state index in [1.54, 1.807) is 0 Å². The summed E-state index contributed by atoms with van der Waals surface area (Å²) >= 11 is 0. The van der Waals surface area contributed by atoms with Crippen LogP contribution >= 0.6 is 0 Å². The van der Waals surface area contributed by atoms with Crippen LogP contribution in [0, 0.1) is 13.8 Å². The van der Waals surface area contributed by atoms with E-state index < -0.39 is 9.04 Å². The molecule has 0 aliphatic heterocycles. The molecule has 25 heavy (non-hydrogen) atoms. The number of rotatable bonds is 4. The molecule has 0 aliphatic rings. The van der Waals surface area contributed by atoms with Gasteiger partial charge in [-0.1, -0.05) is 42.5 Å². The predicted molar refractivity (Wildman–Crippen MR) is 106 cm³/mol. The van der Waals surface area contributed by atoms with Crippen LogP contribution in [0.1, 0.15) is 17.1 Å². The van der Waals surface area contributed by atoms with E-state index in [2.05, 4.69) is 30.2 Å². The minimum Gasteiger partial charge on any atom is -0.546 e. The summed E-state index contributed by atoms with van der Waals surface area (Å²) in [6.07, 6.45) is 2.02. The lowest BCUT2D eigenvalue weighted by Gasteiger charge is -2.14. The minimum absolute atomic E-state index is 0.840. The molecular weight excluding hydrogens is 326 g/mol. The molecule has 1 aromatic heterocycles. The first-order chi connectivity index (χ1) is 12.0. The minimum atomic E-state index is -1.21. The molecule has 0 amide bonds. The zero-order valence-corrected chi connectivity index (χ0v) is 16.3. The van der Waals surface area contributed by atoms with Gasteiger partial charge in [0.1, 0.15) is 23.1 Å². The average molecular weight is 350 g/mol. The van der Waals surface area contributed by atoms with E-state index >= 15 is 0 Å². The molecule has 0 bridgehead atoms. The Morgan fingerprint density at radius 2 is 1.68 bits per heavy atom. The number of aryl methyl sites for hydroxylation is 2. The first-order valence-electron chi connectivity index (χ1n) is 8.47. The maximum absolute atomic E-state index is 6.06.